The van der Waals surface area contributed by atoms with E-state index in [1.807, 2.05) is 0 Å². The van der Waals surface area contributed by atoms with Crippen LogP contribution in [0, 0.1) is 0 Å². The minimum atomic E-state index is -4.39. The van der Waals surface area contributed by atoms with Gasteiger partial charge in [0.05, 0.1) is 12.2 Å². The fourth-order valence-corrected chi connectivity index (χ4v) is 1.87. The zero-order valence-corrected chi connectivity index (χ0v) is 9.91. The lowest BCUT2D eigenvalue weighted by molar-refractivity contribution is -0.137. The molecule has 0 saturated heterocycles. The Hall–Kier alpha value is -2.01. The van der Waals surface area contributed by atoms with Gasteiger partial charge in [-0.15, -0.1) is 0 Å². The summed E-state index contributed by atoms with van der Waals surface area (Å²) in [6, 6.07) is 9.86. The largest absolute Gasteiger partial charge is 0.416 e. The molecular formula is C14H12F3NO. The molecule has 0 spiro atoms. The van der Waals surface area contributed by atoms with Crippen molar-refractivity contribution in [3.8, 4) is 11.1 Å². The molecule has 0 heterocycles. The van der Waals surface area contributed by atoms with E-state index in [0.717, 1.165) is 12.1 Å². The van der Waals surface area contributed by atoms with Crippen LogP contribution in [0.1, 0.15) is 11.1 Å². The number of para-hydroxylation sites is 1. The van der Waals surface area contributed by atoms with Gasteiger partial charge in [-0.05, 0) is 17.7 Å². The van der Waals surface area contributed by atoms with Crippen LogP contribution in [0.3, 0.4) is 0 Å². The molecule has 2 nitrogen and oxygen atoms in total. The molecule has 0 aliphatic rings. The van der Waals surface area contributed by atoms with Crippen LogP contribution in [-0.2, 0) is 12.8 Å². The first-order valence-corrected chi connectivity index (χ1v) is 5.59. The lowest BCUT2D eigenvalue weighted by Gasteiger charge is -2.12. The molecule has 0 radical (unpaired) electrons. The van der Waals surface area contributed by atoms with Gasteiger partial charge in [-0.25, -0.2) is 0 Å². The van der Waals surface area contributed by atoms with Gasteiger partial charge in [0.1, 0.15) is 0 Å². The second-order valence-electron chi connectivity index (χ2n) is 4.12. The molecule has 0 bridgehead atoms. The summed E-state index contributed by atoms with van der Waals surface area (Å²) in [5.41, 5.74) is 6.77. The molecule has 2 rings (SSSR count). The van der Waals surface area contributed by atoms with Crippen molar-refractivity contribution in [2.24, 2.45) is 0 Å². The number of halogens is 3. The van der Waals surface area contributed by atoms with Gasteiger partial charge >= 0.3 is 6.18 Å². The SMILES string of the molecule is Nc1c(CO)cccc1-c1cccc(C(F)(F)F)c1. The Labute approximate surface area is 108 Å². The summed E-state index contributed by atoms with van der Waals surface area (Å²) < 4.78 is 38.0. The van der Waals surface area contributed by atoms with Gasteiger partial charge in [-0.2, -0.15) is 13.2 Å². The molecule has 0 aromatic heterocycles. The number of nitrogen functional groups attached to an aromatic ring is 1. The summed E-state index contributed by atoms with van der Waals surface area (Å²) in [6.45, 7) is -0.251. The van der Waals surface area contributed by atoms with Crippen LogP contribution < -0.4 is 5.73 Å². The van der Waals surface area contributed by atoms with Crippen LogP contribution in [-0.4, -0.2) is 5.11 Å². The van der Waals surface area contributed by atoms with Crippen molar-refractivity contribution in [1.82, 2.24) is 0 Å². The monoisotopic (exact) mass is 267 g/mol. The number of aliphatic hydroxyl groups is 1. The smallest absolute Gasteiger partial charge is 0.398 e. The Bertz CT molecular complexity index is 593. The topological polar surface area (TPSA) is 46.2 Å². The zero-order chi connectivity index (χ0) is 14.0. The van der Waals surface area contributed by atoms with Crippen LogP contribution >= 0.6 is 0 Å². The Morgan fingerprint density at radius 3 is 2.37 bits per heavy atom. The number of alkyl halides is 3. The zero-order valence-electron chi connectivity index (χ0n) is 9.91. The molecule has 2 aromatic carbocycles. The quantitative estimate of drug-likeness (QED) is 0.819. The molecule has 0 atom stereocenters. The maximum Gasteiger partial charge on any atom is 0.416 e. The van der Waals surface area contributed by atoms with Crippen molar-refractivity contribution in [1.29, 1.82) is 0 Å². The van der Waals surface area contributed by atoms with Crippen LogP contribution in [0.5, 0.6) is 0 Å². The predicted molar refractivity (Wildman–Crippen MR) is 67.2 cm³/mol. The number of hydrogen-bond donors (Lipinski definition) is 2. The third kappa shape index (κ3) is 2.71. The summed E-state index contributed by atoms with van der Waals surface area (Å²) in [5, 5.41) is 9.11. The lowest BCUT2D eigenvalue weighted by atomic mass is 9.99. The van der Waals surface area contributed by atoms with Crippen molar-refractivity contribution in [3.05, 3.63) is 53.6 Å². The van der Waals surface area contributed by atoms with E-state index in [-0.39, 0.29) is 6.61 Å². The molecule has 0 aliphatic carbocycles. The van der Waals surface area contributed by atoms with Gasteiger partial charge in [0.15, 0.2) is 0 Å². The fraction of sp³-hybridized carbons (Fsp3) is 0.143. The van der Waals surface area contributed by atoms with E-state index in [9.17, 15) is 13.2 Å². The normalized spacial score (nSPS) is 11.6. The van der Waals surface area contributed by atoms with E-state index in [2.05, 4.69) is 0 Å². The number of anilines is 1. The van der Waals surface area contributed by atoms with Crippen LogP contribution in [0.4, 0.5) is 18.9 Å². The Morgan fingerprint density at radius 2 is 1.74 bits per heavy atom. The van der Waals surface area contributed by atoms with E-state index in [1.54, 1.807) is 24.3 Å². The summed E-state index contributed by atoms with van der Waals surface area (Å²) >= 11 is 0. The number of aliphatic hydroxyl groups excluding tert-OH is 1. The Balaban J connectivity index is 2.54. The number of benzene rings is 2. The fourth-order valence-electron chi connectivity index (χ4n) is 1.87. The summed E-state index contributed by atoms with van der Waals surface area (Å²) in [7, 11) is 0. The van der Waals surface area contributed by atoms with E-state index in [0.29, 0.717) is 22.4 Å². The maximum absolute atomic E-state index is 12.7. The van der Waals surface area contributed by atoms with Gasteiger partial charge in [-0.1, -0.05) is 30.3 Å². The first-order valence-electron chi connectivity index (χ1n) is 5.59. The van der Waals surface area contributed by atoms with E-state index in [1.165, 1.54) is 6.07 Å². The second kappa shape index (κ2) is 4.93. The average Bonchev–Trinajstić information content (AvgIpc) is 2.38. The number of rotatable bonds is 2. The lowest BCUT2D eigenvalue weighted by Crippen LogP contribution is -2.05. The molecular weight excluding hydrogens is 255 g/mol. The molecule has 0 fully saturated rings. The summed E-state index contributed by atoms with van der Waals surface area (Å²) in [5.74, 6) is 0. The van der Waals surface area contributed by atoms with Crippen LogP contribution in [0.15, 0.2) is 42.5 Å². The molecule has 2 aromatic rings. The van der Waals surface area contributed by atoms with Gasteiger partial charge in [0.25, 0.3) is 0 Å². The third-order valence-corrected chi connectivity index (χ3v) is 2.87. The van der Waals surface area contributed by atoms with Gasteiger partial charge < -0.3 is 10.8 Å². The van der Waals surface area contributed by atoms with Gasteiger partial charge in [-0.3, -0.25) is 0 Å². The number of hydrogen-bond acceptors (Lipinski definition) is 2. The van der Waals surface area contributed by atoms with E-state index in [4.69, 9.17) is 10.8 Å². The van der Waals surface area contributed by atoms with Crippen molar-refractivity contribution < 1.29 is 18.3 Å². The highest BCUT2D eigenvalue weighted by Gasteiger charge is 2.30. The molecule has 3 N–H and O–H groups in total. The van der Waals surface area contributed by atoms with Crippen LogP contribution in [0.2, 0.25) is 0 Å². The molecule has 5 heteroatoms. The van der Waals surface area contributed by atoms with E-state index < -0.39 is 11.7 Å². The highest BCUT2D eigenvalue weighted by atomic mass is 19.4. The minimum absolute atomic E-state index is 0.251. The Kier molecular flexibility index (Phi) is 3.48. The van der Waals surface area contributed by atoms with Gasteiger partial charge in [0.2, 0.25) is 0 Å². The van der Waals surface area contributed by atoms with Crippen molar-refractivity contribution in [3.63, 3.8) is 0 Å². The highest BCUT2D eigenvalue weighted by molar-refractivity contribution is 5.78. The van der Waals surface area contributed by atoms with Crippen molar-refractivity contribution in [2.45, 2.75) is 12.8 Å². The summed E-state index contributed by atoms with van der Waals surface area (Å²) in [6.07, 6.45) is -4.39. The van der Waals surface area contributed by atoms with Crippen molar-refractivity contribution >= 4 is 5.69 Å². The van der Waals surface area contributed by atoms with E-state index >= 15 is 0 Å². The maximum atomic E-state index is 12.7. The van der Waals surface area contributed by atoms with Crippen molar-refractivity contribution in [2.75, 3.05) is 5.73 Å². The second-order valence-corrected chi connectivity index (χ2v) is 4.12. The number of nitrogens with two attached hydrogens (primary N) is 1. The molecule has 19 heavy (non-hydrogen) atoms. The van der Waals surface area contributed by atoms with Gasteiger partial charge in [0, 0.05) is 16.8 Å². The first-order chi connectivity index (χ1) is 8.93. The Morgan fingerprint density at radius 1 is 1.05 bits per heavy atom. The molecule has 0 saturated carbocycles. The minimum Gasteiger partial charge on any atom is -0.398 e. The molecule has 0 aliphatic heterocycles. The first kappa shape index (κ1) is 13.4. The summed E-state index contributed by atoms with van der Waals surface area (Å²) in [4.78, 5) is 0. The molecule has 100 valence electrons. The molecule has 0 amide bonds. The highest BCUT2D eigenvalue weighted by Crippen LogP contribution is 2.34. The van der Waals surface area contributed by atoms with Crippen LogP contribution in [0.25, 0.3) is 11.1 Å². The third-order valence-electron chi connectivity index (χ3n) is 2.87. The molecule has 0 unspecified atom stereocenters. The standard InChI is InChI=1S/C14H12F3NO/c15-14(16,17)11-5-1-3-9(7-11)12-6-2-4-10(8-19)13(12)18/h1-7,19H,8,18H2. The predicted octanol–water partition coefficient (Wildman–Crippen LogP) is 3.45. The average molecular weight is 267 g/mol.